The Balaban J connectivity index is 2.00. The van der Waals surface area contributed by atoms with Crippen molar-refractivity contribution in [3.8, 4) is 5.75 Å². The van der Waals surface area contributed by atoms with Gasteiger partial charge in [0, 0.05) is 0 Å². The van der Waals surface area contributed by atoms with Gasteiger partial charge in [0.25, 0.3) is 0 Å². The summed E-state index contributed by atoms with van der Waals surface area (Å²) in [4.78, 5) is 26.1. The van der Waals surface area contributed by atoms with Gasteiger partial charge in [-0.1, -0.05) is 24.3 Å². The molecule has 0 bridgehead atoms. The third kappa shape index (κ3) is 5.95. The molecule has 0 aliphatic heterocycles. The number of nitrogens with one attached hydrogen (secondary N) is 2. The number of rotatable bonds is 7. The van der Waals surface area contributed by atoms with Gasteiger partial charge in [0.15, 0.2) is 0 Å². The van der Waals surface area contributed by atoms with E-state index < -0.39 is 23.7 Å². The molecule has 0 spiro atoms. The molecular weight excluding hydrogens is 387 g/mol. The molecule has 0 aliphatic carbocycles. The van der Waals surface area contributed by atoms with Crippen molar-refractivity contribution in [2.75, 3.05) is 31.3 Å². The Bertz CT molecular complexity index is 871. The Kier molecular flexibility index (Phi) is 7.22. The minimum Gasteiger partial charge on any atom is -0.495 e. The van der Waals surface area contributed by atoms with Crippen LogP contribution in [-0.4, -0.2) is 43.5 Å². The number of methoxy groups -OCH3 is 1. The third-order valence-electron chi connectivity index (χ3n) is 4.31. The van der Waals surface area contributed by atoms with Gasteiger partial charge < -0.3 is 15.4 Å². The number of likely N-dealkylation sites (N-methyl/N-ethyl adjacent to an activating group) is 1. The van der Waals surface area contributed by atoms with Crippen LogP contribution in [0.2, 0.25) is 0 Å². The lowest BCUT2D eigenvalue weighted by atomic mass is 10.1. The van der Waals surface area contributed by atoms with Crippen molar-refractivity contribution >= 4 is 23.2 Å². The average molecular weight is 409 g/mol. The normalized spacial score (nSPS) is 12.4. The van der Waals surface area contributed by atoms with Crippen LogP contribution in [0, 0.1) is 0 Å². The van der Waals surface area contributed by atoms with E-state index in [1.54, 1.807) is 31.2 Å². The second-order valence-corrected chi connectivity index (χ2v) is 6.37. The van der Waals surface area contributed by atoms with Crippen LogP contribution in [0.5, 0.6) is 5.75 Å². The van der Waals surface area contributed by atoms with Gasteiger partial charge in [0.05, 0.1) is 36.6 Å². The van der Waals surface area contributed by atoms with Gasteiger partial charge in [0.2, 0.25) is 11.8 Å². The molecule has 6 nitrogen and oxygen atoms in total. The highest BCUT2D eigenvalue weighted by atomic mass is 19.4. The summed E-state index contributed by atoms with van der Waals surface area (Å²) in [5.41, 5.74) is -0.786. The van der Waals surface area contributed by atoms with Crippen molar-refractivity contribution < 1.29 is 27.5 Å². The number of carbonyl (C=O) groups excluding carboxylic acids is 2. The van der Waals surface area contributed by atoms with E-state index in [1.807, 2.05) is 0 Å². The number of alkyl halides is 3. The molecule has 2 amide bonds. The fraction of sp³-hybridized carbons (Fsp3) is 0.300. The summed E-state index contributed by atoms with van der Waals surface area (Å²) in [6.45, 7) is 1.31. The van der Waals surface area contributed by atoms with E-state index in [1.165, 1.54) is 37.3 Å². The Hall–Kier alpha value is -3.07. The standard InChI is InChI=1S/C20H22F3N3O3/c1-13(19(28)25-16-10-6-7-11-17(16)29-3)26(2)12-18(27)24-15-9-5-4-8-14(15)20(21,22)23/h4-11,13H,12H2,1-3H3,(H,24,27)(H,25,28). The average Bonchev–Trinajstić information content (AvgIpc) is 2.67. The lowest BCUT2D eigenvalue weighted by molar-refractivity contribution is -0.137. The summed E-state index contributed by atoms with van der Waals surface area (Å²) in [6.07, 6.45) is -4.59. The molecule has 2 aromatic carbocycles. The summed E-state index contributed by atoms with van der Waals surface area (Å²) in [5.74, 6) is -0.571. The number of halogens is 3. The third-order valence-corrected chi connectivity index (χ3v) is 4.31. The number of hydrogen-bond acceptors (Lipinski definition) is 4. The van der Waals surface area contributed by atoms with Crippen LogP contribution in [0.1, 0.15) is 12.5 Å². The lowest BCUT2D eigenvalue weighted by Gasteiger charge is -2.24. The van der Waals surface area contributed by atoms with Crippen LogP contribution < -0.4 is 15.4 Å². The van der Waals surface area contributed by atoms with Crippen molar-refractivity contribution in [2.45, 2.75) is 19.1 Å². The van der Waals surface area contributed by atoms with E-state index in [2.05, 4.69) is 10.6 Å². The SMILES string of the molecule is COc1ccccc1NC(=O)C(C)N(C)CC(=O)Nc1ccccc1C(F)(F)F. The smallest absolute Gasteiger partial charge is 0.418 e. The van der Waals surface area contributed by atoms with Crippen molar-refractivity contribution in [1.29, 1.82) is 0 Å². The number of carbonyl (C=O) groups is 2. The number of ether oxygens (including phenoxy) is 1. The fourth-order valence-electron chi connectivity index (χ4n) is 2.58. The van der Waals surface area contributed by atoms with Gasteiger partial charge in [-0.2, -0.15) is 13.2 Å². The molecule has 0 saturated carbocycles. The highest BCUT2D eigenvalue weighted by Crippen LogP contribution is 2.34. The topological polar surface area (TPSA) is 70.7 Å². The molecule has 9 heteroatoms. The molecule has 29 heavy (non-hydrogen) atoms. The zero-order chi connectivity index (χ0) is 21.6. The molecule has 2 aromatic rings. The highest BCUT2D eigenvalue weighted by Gasteiger charge is 2.33. The van der Waals surface area contributed by atoms with Gasteiger partial charge in [0.1, 0.15) is 5.75 Å². The van der Waals surface area contributed by atoms with Crippen LogP contribution in [-0.2, 0) is 15.8 Å². The van der Waals surface area contributed by atoms with Crippen LogP contribution in [0.3, 0.4) is 0 Å². The maximum absolute atomic E-state index is 13.0. The Labute approximate surface area is 166 Å². The summed E-state index contributed by atoms with van der Waals surface area (Å²) < 4.78 is 44.3. The van der Waals surface area contributed by atoms with E-state index in [0.717, 1.165) is 6.07 Å². The summed E-state index contributed by atoms with van der Waals surface area (Å²) in [5, 5.41) is 4.97. The Morgan fingerprint density at radius 2 is 1.62 bits per heavy atom. The number of benzene rings is 2. The van der Waals surface area contributed by atoms with Gasteiger partial charge in [-0.3, -0.25) is 14.5 Å². The molecule has 156 valence electrons. The first-order valence-corrected chi connectivity index (χ1v) is 8.73. The van der Waals surface area contributed by atoms with Crippen molar-refractivity contribution in [3.05, 3.63) is 54.1 Å². The zero-order valence-corrected chi connectivity index (χ0v) is 16.2. The van der Waals surface area contributed by atoms with E-state index in [-0.39, 0.29) is 18.1 Å². The van der Waals surface area contributed by atoms with Crippen LogP contribution in [0.15, 0.2) is 48.5 Å². The van der Waals surface area contributed by atoms with Gasteiger partial charge in [-0.15, -0.1) is 0 Å². The number of anilines is 2. The second-order valence-electron chi connectivity index (χ2n) is 6.37. The molecule has 0 saturated heterocycles. The van der Waals surface area contributed by atoms with Gasteiger partial charge in [-0.05, 0) is 38.2 Å². The Morgan fingerprint density at radius 3 is 2.24 bits per heavy atom. The monoisotopic (exact) mass is 409 g/mol. The Morgan fingerprint density at radius 1 is 1.03 bits per heavy atom. The van der Waals surface area contributed by atoms with E-state index in [0.29, 0.717) is 11.4 Å². The number of nitrogens with zero attached hydrogens (tertiary/aromatic N) is 1. The zero-order valence-electron chi connectivity index (χ0n) is 16.2. The maximum atomic E-state index is 13.0. The van der Waals surface area contributed by atoms with Gasteiger partial charge in [-0.25, -0.2) is 0 Å². The number of para-hydroxylation sites is 3. The first-order valence-electron chi connectivity index (χ1n) is 8.73. The molecule has 0 fully saturated rings. The minimum atomic E-state index is -4.59. The van der Waals surface area contributed by atoms with E-state index in [9.17, 15) is 22.8 Å². The predicted octanol–water partition coefficient (Wildman–Crippen LogP) is 3.61. The summed E-state index contributed by atoms with van der Waals surface area (Å²) in [6, 6.07) is 10.8. The van der Waals surface area contributed by atoms with Crippen LogP contribution >= 0.6 is 0 Å². The minimum absolute atomic E-state index is 0.271. The predicted molar refractivity (Wildman–Crippen MR) is 104 cm³/mol. The molecule has 2 rings (SSSR count). The second kappa shape index (κ2) is 9.42. The van der Waals surface area contributed by atoms with Crippen molar-refractivity contribution in [1.82, 2.24) is 4.90 Å². The first kappa shape index (κ1) is 22.2. The summed E-state index contributed by atoms with van der Waals surface area (Å²) >= 11 is 0. The molecule has 1 atom stereocenters. The van der Waals surface area contributed by atoms with Crippen molar-refractivity contribution in [3.63, 3.8) is 0 Å². The molecule has 0 heterocycles. The lowest BCUT2D eigenvalue weighted by Crippen LogP contribution is -2.43. The van der Waals surface area contributed by atoms with Crippen LogP contribution in [0.4, 0.5) is 24.5 Å². The largest absolute Gasteiger partial charge is 0.495 e. The fourth-order valence-corrected chi connectivity index (χ4v) is 2.58. The number of amides is 2. The molecule has 2 N–H and O–H groups in total. The molecule has 0 radical (unpaired) electrons. The molecule has 1 unspecified atom stereocenters. The number of hydrogen-bond donors (Lipinski definition) is 2. The van der Waals surface area contributed by atoms with E-state index in [4.69, 9.17) is 4.74 Å². The van der Waals surface area contributed by atoms with Gasteiger partial charge >= 0.3 is 6.18 Å². The quantitative estimate of drug-likeness (QED) is 0.733. The maximum Gasteiger partial charge on any atom is 0.418 e. The van der Waals surface area contributed by atoms with Crippen LogP contribution in [0.25, 0.3) is 0 Å². The molecular formula is C20H22F3N3O3. The molecule has 0 aliphatic rings. The van der Waals surface area contributed by atoms with Crippen molar-refractivity contribution in [2.24, 2.45) is 0 Å². The summed E-state index contributed by atoms with van der Waals surface area (Å²) in [7, 11) is 3.01. The highest BCUT2D eigenvalue weighted by molar-refractivity contribution is 5.97. The first-order chi connectivity index (χ1) is 13.6. The molecule has 0 aromatic heterocycles. The van der Waals surface area contributed by atoms with E-state index >= 15 is 0 Å².